The van der Waals surface area contributed by atoms with E-state index in [9.17, 15) is 9.59 Å². The Labute approximate surface area is 184 Å². The van der Waals surface area contributed by atoms with Gasteiger partial charge in [-0.3, -0.25) is 9.59 Å². The second kappa shape index (κ2) is 8.64. The van der Waals surface area contributed by atoms with Gasteiger partial charge in [0.05, 0.1) is 0 Å². The van der Waals surface area contributed by atoms with Gasteiger partial charge >= 0.3 is 0 Å². The maximum atomic E-state index is 12.6. The summed E-state index contributed by atoms with van der Waals surface area (Å²) < 4.78 is 5.90. The van der Waals surface area contributed by atoms with E-state index in [2.05, 4.69) is 31.4 Å². The Balaban J connectivity index is 1.42. The van der Waals surface area contributed by atoms with Crippen LogP contribution in [0.2, 0.25) is 5.02 Å². The van der Waals surface area contributed by atoms with Crippen molar-refractivity contribution in [2.24, 2.45) is 0 Å². The van der Waals surface area contributed by atoms with Crippen LogP contribution in [0.4, 0.5) is 5.69 Å². The molecule has 2 amide bonds. The van der Waals surface area contributed by atoms with Crippen molar-refractivity contribution in [2.75, 3.05) is 18.4 Å². The molecule has 1 saturated heterocycles. The van der Waals surface area contributed by atoms with Crippen molar-refractivity contribution in [3.63, 3.8) is 0 Å². The summed E-state index contributed by atoms with van der Waals surface area (Å²) in [6, 6.07) is 10.2. The smallest absolute Gasteiger partial charge is 0.289 e. The zero-order chi connectivity index (χ0) is 20.4. The molecule has 1 N–H and O–H groups in total. The molecule has 10 heteroatoms. The SMILES string of the molecule is O=C(Nc1ccc(Cl)cc1)c1nnc([C@@H]2CCCN(C(=O)c3ccc(Br)o3)C2)s1. The van der Waals surface area contributed by atoms with Crippen LogP contribution in [-0.4, -0.2) is 40.0 Å². The second-order valence-electron chi connectivity index (χ2n) is 6.60. The summed E-state index contributed by atoms with van der Waals surface area (Å²) in [7, 11) is 0. The number of carbonyl (C=O) groups is 2. The number of carbonyl (C=O) groups excluding carboxylic acids is 2. The summed E-state index contributed by atoms with van der Waals surface area (Å²) >= 11 is 10.3. The summed E-state index contributed by atoms with van der Waals surface area (Å²) in [4.78, 5) is 26.8. The molecule has 0 radical (unpaired) electrons. The van der Waals surface area contributed by atoms with Crippen LogP contribution in [0.5, 0.6) is 0 Å². The molecule has 29 heavy (non-hydrogen) atoms. The fourth-order valence-corrected chi connectivity index (χ4v) is 4.45. The van der Waals surface area contributed by atoms with Gasteiger partial charge in [0.15, 0.2) is 10.4 Å². The highest BCUT2D eigenvalue weighted by atomic mass is 79.9. The third kappa shape index (κ3) is 4.68. The number of benzene rings is 1. The second-order valence-corrected chi connectivity index (χ2v) is 8.83. The topological polar surface area (TPSA) is 88.3 Å². The highest BCUT2D eigenvalue weighted by Crippen LogP contribution is 2.30. The van der Waals surface area contributed by atoms with Crippen molar-refractivity contribution in [3.05, 3.63) is 61.9 Å². The largest absolute Gasteiger partial charge is 0.444 e. The number of hydrogen-bond donors (Lipinski definition) is 1. The molecule has 0 spiro atoms. The van der Waals surface area contributed by atoms with Gasteiger partial charge in [-0.2, -0.15) is 0 Å². The number of aromatic nitrogens is 2. The quantitative estimate of drug-likeness (QED) is 0.561. The Morgan fingerprint density at radius 3 is 2.72 bits per heavy atom. The Hall–Kier alpha value is -2.23. The molecule has 150 valence electrons. The van der Waals surface area contributed by atoms with Crippen molar-refractivity contribution in [1.82, 2.24) is 15.1 Å². The molecule has 0 unspecified atom stereocenters. The molecule has 1 aliphatic heterocycles. The molecule has 2 aromatic heterocycles. The molecule has 1 aromatic carbocycles. The zero-order valence-corrected chi connectivity index (χ0v) is 18.3. The average molecular weight is 496 g/mol. The fourth-order valence-electron chi connectivity index (χ4n) is 3.16. The predicted molar refractivity (Wildman–Crippen MR) is 114 cm³/mol. The molecular weight excluding hydrogens is 480 g/mol. The highest BCUT2D eigenvalue weighted by molar-refractivity contribution is 9.10. The number of halogens is 2. The normalized spacial score (nSPS) is 16.6. The van der Waals surface area contributed by atoms with Gasteiger partial charge in [0.2, 0.25) is 5.01 Å². The third-order valence-electron chi connectivity index (χ3n) is 4.58. The van der Waals surface area contributed by atoms with Gasteiger partial charge in [-0.05, 0) is 65.2 Å². The third-order valence-corrected chi connectivity index (χ3v) is 6.34. The molecule has 3 heterocycles. The Morgan fingerprint density at radius 1 is 1.21 bits per heavy atom. The average Bonchev–Trinajstić information content (AvgIpc) is 3.39. The molecule has 1 aliphatic rings. The lowest BCUT2D eigenvalue weighted by atomic mass is 9.98. The molecule has 1 atom stereocenters. The standard InChI is InChI=1S/C19H16BrClN4O3S/c20-15-8-7-14(28-15)19(27)25-9-1-2-11(10-25)17-23-24-18(29-17)16(26)22-13-5-3-12(21)4-6-13/h3-8,11H,1-2,9-10H2,(H,22,26)/t11-/m1/s1. The van der Waals surface area contributed by atoms with Crippen molar-refractivity contribution in [2.45, 2.75) is 18.8 Å². The van der Waals surface area contributed by atoms with Gasteiger partial charge in [0.25, 0.3) is 11.8 Å². The molecule has 3 aromatic rings. The lowest BCUT2D eigenvalue weighted by Crippen LogP contribution is -2.38. The van der Waals surface area contributed by atoms with E-state index in [0.29, 0.717) is 34.2 Å². The van der Waals surface area contributed by atoms with Crippen molar-refractivity contribution < 1.29 is 14.0 Å². The number of anilines is 1. The van der Waals surface area contributed by atoms with Gasteiger partial charge in [-0.1, -0.05) is 22.9 Å². The summed E-state index contributed by atoms with van der Waals surface area (Å²) in [5.41, 5.74) is 0.634. The molecule has 4 rings (SSSR count). The van der Waals surface area contributed by atoms with Crippen LogP contribution in [0.15, 0.2) is 45.5 Å². The maximum Gasteiger partial charge on any atom is 0.289 e. The summed E-state index contributed by atoms with van der Waals surface area (Å²) in [5.74, 6) is -0.121. The van der Waals surface area contributed by atoms with Crippen LogP contribution in [0.1, 0.15) is 44.1 Å². The van der Waals surface area contributed by atoms with Gasteiger partial charge in [0.1, 0.15) is 5.01 Å². The molecular formula is C19H16BrClN4O3S. The monoisotopic (exact) mass is 494 g/mol. The number of rotatable bonds is 4. The van der Waals surface area contributed by atoms with Crippen LogP contribution >= 0.6 is 38.9 Å². The van der Waals surface area contributed by atoms with Crippen LogP contribution in [0, 0.1) is 0 Å². The number of furan rings is 1. The van der Waals surface area contributed by atoms with Crippen molar-refractivity contribution in [3.8, 4) is 0 Å². The van der Waals surface area contributed by atoms with Gasteiger partial charge in [-0.25, -0.2) is 0 Å². The van der Waals surface area contributed by atoms with Crippen LogP contribution in [0.3, 0.4) is 0 Å². The van der Waals surface area contributed by atoms with Gasteiger partial charge < -0.3 is 14.6 Å². The van der Waals surface area contributed by atoms with Gasteiger partial charge in [0, 0.05) is 29.7 Å². The molecule has 7 nitrogen and oxygen atoms in total. The first-order valence-electron chi connectivity index (χ1n) is 8.94. The fraction of sp³-hybridized carbons (Fsp3) is 0.263. The summed E-state index contributed by atoms with van der Waals surface area (Å²) in [5, 5.41) is 12.7. The van der Waals surface area contributed by atoms with E-state index in [1.54, 1.807) is 41.3 Å². The first-order chi connectivity index (χ1) is 14.0. The van der Waals surface area contributed by atoms with E-state index >= 15 is 0 Å². The van der Waals surface area contributed by atoms with Gasteiger partial charge in [-0.15, -0.1) is 10.2 Å². The summed E-state index contributed by atoms with van der Waals surface area (Å²) in [6.07, 6.45) is 1.74. The predicted octanol–water partition coefficient (Wildman–Crippen LogP) is 4.82. The Kier molecular flexibility index (Phi) is 5.98. The van der Waals surface area contributed by atoms with Crippen LogP contribution in [-0.2, 0) is 0 Å². The molecule has 0 aliphatic carbocycles. The van der Waals surface area contributed by atoms with E-state index in [-0.39, 0.29) is 22.7 Å². The summed E-state index contributed by atoms with van der Waals surface area (Å²) in [6.45, 7) is 1.18. The minimum absolute atomic E-state index is 0.0423. The number of nitrogens with zero attached hydrogens (tertiary/aromatic N) is 3. The minimum Gasteiger partial charge on any atom is -0.444 e. The zero-order valence-electron chi connectivity index (χ0n) is 15.1. The first-order valence-corrected chi connectivity index (χ1v) is 10.9. The highest BCUT2D eigenvalue weighted by Gasteiger charge is 2.29. The first kappa shape index (κ1) is 20.1. The van der Waals surface area contributed by atoms with E-state index in [1.165, 1.54) is 11.3 Å². The lowest BCUT2D eigenvalue weighted by molar-refractivity contribution is 0.0673. The number of amides is 2. The molecule has 0 saturated carbocycles. The maximum absolute atomic E-state index is 12.6. The molecule has 0 bridgehead atoms. The van der Waals surface area contributed by atoms with Crippen LogP contribution in [0.25, 0.3) is 0 Å². The number of likely N-dealkylation sites (tertiary alicyclic amines) is 1. The Morgan fingerprint density at radius 2 is 2.00 bits per heavy atom. The number of nitrogens with one attached hydrogen (secondary N) is 1. The Bertz CT molecular complexity index is 1040. The van der Waals surface area contributed by atoms with Crippen LogP contribution < -0.4 is 5.32 Å². The molecule has 1 fully saturated rings. The minimum atomic E-state index is -0.319. The lowest BCUT2D eigenvalue weighted by Gasteiger charge is -2.30. The number of piperidine rings is 1. The number of hydrogen-bond acceptors (Lipinski definition) is 6. The van der Waals surface area contributed by atoms with E-state index < -0.39 is 0 Å². The van der Waals surface area contributed by atoms with Crippen molar-refractivity contribution in [1.29, 1.82) is 0 Å². The van der Waals surface area contributed by atoms with E-state index in [4.69, 9.17) is 16.0 Å². The van der Waals surface area contributed by atoms with Crippen molar-refractivity contribution >= 4 is 56.4 Å². The van der Waals surface area contributed by atoms with E-state index in [0.717, 1.165) is 17.8 Å². The van der Waals surface area contributed by atoms with E-state index in [1.807, 2.05) is 0 Å².